The van der Waals surface area contributed by atoms with E-state index in [0.29, 0.717) is 17.2 Å². The van der Waals surface area contributed by atoms with Crippen LogP contribution in [-0.2, 0) is 6.42 Å². The van der Waals surface area contributed by atoms with E-state index >= 15 is 0 Å². The van der Waals surface area contributed by atoms with Crippen molar-refractivity contribution in [3.05, 3.63) is 35.2 Å². The van der Waals surface area contributed by atoms with Crippen molar-refractivity contribution < 1.29 is 9.47 Å². The van der Waals surface area contributed by atoms with Gasteiger partial charge in [-0.1, -0.05) is 13.0 Å². The normalized spacial score (nSPS) is 10.3. The molecule has 5 nitrogen and oxygen atoms in total. The summed E-state index contributed by atoms with van der Waals surface area (Å²) >= 11 is 5.72. The molecule has 1 aromatic carbocycles. The van der Waals surface area contributed by atoms with Gasteiger partial charge in [0.2, 0.25) is 11.2 Å². The molecule has 2 aromatic rings. The summed E-state index contributed by atoms with van der Waals surface area (Å²) in [4.78, 5) is 7.71. The fraction of sp³-hybridized carbons (Fsp3) is 0.231. The number of aryl methyl sites for hydroxylation is 1. The summed E-state index contributed by atoms with van der Waals surface area (Å²) in [7, 11) is 1.58. The molecule has 0 fully saturated rings. The van der Waals surface area contributed by atoms with Gasteiger partial charge in [0.05, 0.1) is 13.3 Å². The third kappa shape index (κ3) is 3.06. The molecule has 100 valence electrons. The molecule has 0 unspecified atom stereocenters. The first-order valence-corrected chi connectivity index (χ1v) is 6.14. The number of rotatable bonds is 4. The van der Waals surface area contributed by atoms with Gasteiger partial charge in [0.15, 0.2) is 11.5 Å². The highest BCUT2D eigenvalue weighted by Crippen LogP contribution is 2.33. The van der Waals surface area contributed by atoms with Crippen LogP contribution >= 0.6 is 11.6 Å². The van der Waals surface area contributed by atoms with Crippen LogP contribution in [0, 0.1) is 0 Å². The molecule has 0 aliphatic rings. The summed E-state index contributed by atoms with van der Waals surface area (Å²) in [5.74, 6) is 1.36. The van der Waals surface area contributed by atoms with E-state index in [9.17, 15) is 0 Å². The molecule has 0 atom stereocenters. The standard InChI is InChI=1S/C13H14ClN3O2/c1-3-8-4-5-10(11(6-8)18-2)19-12-9(15)7-16-13(14)17-12/h4-7H,3,15H2,1-2H3. The zero-order chi connectivity index (χ0) is 13.8. The van der Waals surface area contributed by atoms with E-state index in [2.05, 4.69) is 16.9 Å². The lowest BCUT2D eigenvalue weighted by Crippen LogP contribution is -1.98. The first kappa shape index (κ1) is 13.4. The van der Waals surface area contributed by atoms with Crippen molar-refractivity contribution in [1.82, 2.24) is 9.97 Å². The van der Waals surface area contributed by atoms with E-state index < -0.39 is 0 Å². The van der Waals surface area contributed by atoms with Crippen molar-refractivity contribution in [1.29, 1.82) is 0 Å². The number of anilines is 1. The Balaban J connectivity index is 2.35. The van der Waals surface area contributed by atoms with Gasteiger partial charge in [-0.2, -0.15) is 4.98 Å². The maximum absolute atomic E-state index is 5.74. The van der Waals surface area contributed by atoms with E-state index in [-0.39, 0.29) is 11.2 Å². The topological polar surface area (TPSA) is 70.3 Å². The molecule has 0 amide bonds. The average molecular weight is 280 g/mol. The first-order chi connectivity index (χ1) is 9.13. The van der Waals surface area contributed by atoms with Crippen molar-refractivity contribution in [2.24, 2.45) is 0 Å². The van der Waals surface area contributed by atoms with Crippen molar-refractivity contribution >= 4 is 17.3 Å². The van der Waals surface area contributed by atoms with Crippen molar-refractivity contribution in [2.75, 3.05) is 12.8 Å². The number of ether oxygens (including phenoxy) is 2. The van der Waals surface area contributed by atoms with Crippen LogP contribution in [-0.4, -0.2) is 17.1 Å². The van der Waals surface area contributed by atoms with E-state index in [1.165, 1.54) is 6.20 Å². The zero-order valence-corrected chi connectivity index (χ0v) is 11.4. The molecule has 0 saturated carbocycles. The molecular formula is C13H14ClN3O2. The highest BCUT2D eigenvalue weighted by molar-refractivity contribution is 6.28. The Hall–Kier alpha value is -2.01. The van der Waals surface area contributed by atoms with Crippen molar-refractivity contribution in [3.8, 4) is 17.4 Å². The molecule has 2 rings (SSSR count). The Morgan fingerprint density at radius 3 is 2.79 bits per heavy atom. The summed E-state index contributed by atoms with van der Waals surface area (Å²) in [6, 6.07) is 5.68. The summed E-state index contributed by atoms with van der Waals surface area (Å²) in [5, 5.41) is 0.0772. The quantitative estimate of drug-likeness (QED) is 0.871. The van der Waals surface area contributed by atoms with Crippen LogP contribution in [0.2, 0.25) is 5.28 Å². The van der Waals surface area contributed by atoms with Crippen LogP contribution in [0.15, 0.2) is 24.4 Å². The lowest BCUT2D eigenvalue weighted by atomic mass is 10.1. The Bertz CT molecular complexity index is 590. The number of halogens is 1. The number of nitrogen functional groups attached to an aromatic ring is 1. The maximum atomic E-state index is 5.74. The fourth-order valence-electron chi connectivity index (χ4n) is 1.56. The molecular weight excluding hydrogens is 266 g/mol. The third-order valence-corrected chi connectivity index (χ3v) is 2.78. The average Bonchev–Trinajstić information content (AvgIpc) is 2.43. The Labute approximate surface area is 116 Å². The van der Waals surface area contributed by atoms with Crippen molar-refractivity contribution in [3.63, 3.8) is 0 Å². The molecule has 0 saturated heterocycles. The molecule has 6 heteroatoms. The summed E-state index contributed by atoms with van der Waals surface area (Å²) in [6.07, 6.45) is 2.32. The number of methoxy groups -OCH3 is 1. The second kappa shape index (κ2) is 5.75. The van der Waals surface area contributed by atoms with Crippen LogP contribution in [0.5, 0.6) is 17.4 Å². The number of benzene rings is 1. The van der Waals surface area contributed by atoms with Crippen LogP contribution < -0.4 is 15.2 Å². The minimum Gasteiger partial charge on any atom is -0.493 e. The smallest absolute Gasteiger partial charge is 0.247 e. The molecule has 0 aliphatic heterocycles. The molecule has 0 bridgehead atoms. The van der Waals surface area contributed by atoms with E-state index in [1.807, 2.05) is 18.2 Å². The number of aromatic nitrogens is 2. The lowest BCUT2D eigenvalue weighted by molar-refractivity contribution is 0.374. The van der Waals surface area contributed by atoms with E-state index in [1.54, 1.807) is 7.11 Å². The number of nitrogens with zero attached hydrogens (tertiary/aromatic N) is 2. The predicted molar refractivity (Wildman–Crippen MR) is 73.9 cm³/mol. The van der Waals surface area contributed by atoms with Gasteiger partial charge in [-0.05, 0) is 35.7 Å². The monoisotopic (exact) mass is 279 g/mol. The Kier molecular flexibility index (Phi) is 4.06. The minimum absolute atomic E-state index is 0.0772. The van der Waals surface area contributed by atoms with Gasteiger partial charge in [-0.15, -0.1) is 0 Å². The third-order valence-electron chi connectivity index (χ3n) is 2.59. The molecule has 0 aliphatic carbocycles. The van der Waals surface area contributed by atoms with Gasteiger partial charge in [-0.25, -0.2) is 4.98 Å². The summed E-state index contributed by atoms with van der Waals surface area (Å²) in [6.45, 7) is 2.07. The van der Waals surface area contributed by atoms with Gasteiger partial charge >= 0.3 is 0 Å². The fourth-order valence-corrected chi connectivity index (χ4v) is 1.68. The molecule has 1 aromatic heterocycles. The Morgan fingerprint density at radius 2 is 2.11 bits per heavy atom. The minimum atomic E-state index is 0.0772. The lowest BCUT2D eigenvalue weighted by Gasteiger charge is -2.11. The van der Waals surface area contributed by atoms with Crippen LogP contribution in [0.4, 0.5) is 5.69 Å². The van der Waals surface area contributed by atoms with Gasteiger partial charge in [-0.3, -0.25) is 0 Å². The highest BCUT2D eigenvalue weighted by atomic mass is 35.5. The van der Waals surface area contributed by atoms with Gasteiger partial charge in [0.25, 0.3) is 0 Å². The second-order valence-electron chi connectivity index (χ2n) is 3.84. The summed E-state index contributed by atoms with van der Waals surface area (Å²) in [5.41, 5.74) is 7.20. The van der Waals surface area contributed by atoms with E-state index in [4.69, 9.17) is 26.8 Å². The molecule has 19 heavy (non-hydrogen) atoms. The molecule has 0 radical (unpaired) electrons. The van der Waals surface area contributed by atoms with Crippen LogP contribution in [0.1, 0.15) is 12.5 Å². The van der Waals surface area contributed by atoms with Gasteiger partial charge < -0.3 is 15.2 Å². The number of nitrogens with two attached hydrogens (primary N) is 1. The van der Waals surface area contributed by atoms with Crippen LogP contribution in [0.25, 0.3) is 0 Å². The molecule has 2 N–H and O–H groups in total. The van der Waals surface area contributed by atoms with Gasteiger partial charge in [0, 0.05) is 0 Å². The maximum Gasteiger partial charge on any atom is 0.247 e. The summed E-state index contributed by atoms with van der Waals surface area (Å²) < 4.78 is 10.9. The number of hydrogen-bond acceptors (Lipinski definition) is 5. The first-order valence-electron chi connectivity index (χ1n) is 5.76. The predicted octanol–water partition coefficient (Wildman–Crippen LogP) is 3.08. The number of hydrogen-bond donors (Lipinski definition) is 1. The van der Waals surface area contributed by atoms with Crippen molar-refractivity contribution in [2.45, 2.75) is 13.3 Å². The zero-order valence-electron chi connectivity index (χ0n) is 10.7. The van der Waals surface area contributed by atoms with Crippen LogP contribution in [0.3, 0.4) is 0 Å². The van der Waals surface area contributed by atoms with E-state index in [0.717, 1.165) is 12.0 Å². The van der Waals surface area contributed by atoms with Gasteiger partial charge in [0.1, 0.15) is 5.69 Å². The second-order valence-corrected chi connectivity index (χ2v) is 4.18. The Morgan fingerprint density at radius 1 is 1.32 bits per heavy atom. The largest absolute Gasteiger partial charge is 0.493 e. The SMILES string of the molecule is CCc1ccc(Oc2nc(Cl)ncc2N)c(OC)c1. The molecule has 0 spiro atoms. The highest BCUT2D eigenvalue weighted by Gasteiger charge is 2.10. The molecule has 1 heterocycles.